The lowest BCUT2D eigenvalue weighted by Crippen LogP contribution is -2.61. The summed E-state index contributed by atoms with van der Waals surface area (Å²) in [7, 11) is 2.02. The van der Waals surface area contributed by atoms with Crippen LogP contribution in [0.3, 0.4) is 0 Å². The zero-order valence-corrected chi connectivity index (χ0v) is 12.9. The van der Waals surface area contributed by atoms with E-state index in [1.165, 1.54) is 0 Å². The van der Waals surface area contributed by atoms with E-state index >= 15 is 0 Å². The highest BCUT2D eigenvalue weighted by molar-refractivity contribution is 5.82. The highest BCUT2D eigenvalue weighted by Gasteiger charge is 2.49. The fourth-order valence-corrected chi connectivity index (χ4v) is 3.50. The van der Waals surface area contributed by atoms with E-state index in [1.807, 2.05) is 34.7 Å². The zero-order chi connectivity index (χ0) is 15.9. The van der Waals surface area contributed by atoms with Crippen LogP contribution in [-0.4, -0.2) is 51.2 Å². The van der Waals surface area contributed by atoms with E-state index < -0.39 is 23.9 Å². The number of rotatable bonds is 4. The lowest BCUT2D eigenvalue weighted by Gasteiger charge is -2.54. The van der Waals surface area contributed by atoms with Gasteiger partial charge in [-0.15, -0.1) is 0 Å². The van der Waals surface area contributed by atoms with Gasteiger partial charge in [-0.2, -0.15) is 0 Å². The fourth-order valence-electron chi connectivity index (χ4n) is 3.50. The first-order chi connectivity index (χ1) is 8.90. The van der Waals surface area contributed by atoms with Gasteiger partial charge in [0.1, 0.15) is 6.04 Å². The molecule has 20 heavy (non-hydrogen) atoms. The van der Waals surface area contributed by atoms with Crippen LogP contribution >= 0.6 is 0 Å². The molecule has 1 rings (SSSR count). The molecule has 1 heterocycles. The standard InChI is InChI=1S/C14H26N2O4/c1-13(2)6-8(7-14(3,4)16(13)5)9(11(17)18)10(15)12(19)20/h8-10H,6-7,15H2,1-5H3,(H,17,18)(H,19,20). The van der Waals surface area contributed by atoms with Crippen molar-refractivity contribution in [3.8, 4) is 0 Å². The van der Waals surface area contributed by atoms with Crippen molar-refractivity contribution in [3.63, 3.8) is 0 Å². The van der Waals surface area contributed by atoms with Gasteiger partial charge >= 0.3 is 11.9 Å². The number of hydrogen-bond acceptors (Lipinski definition) is 4. The molecule has 6 heteroatoms. The van der Waals surface area contributed by atoms with Gasteiger partial charge in [0, 0.05) is 11.1 Å². The molecule has 0 aromatic carbocycles. The second-order valence-electron chi connectivity index (χ2n) is 7.08. The smallest absolute Gasteiger partial charge is 0.321 e. The number of piperidine rings is 1. The Morgan fingerprint density at radius 2 is 1.50 bits per heavy atom. The van der Waals surface area contributed by atoms with Crippen LogP contribution in [0.5, 0.6) is 0 Å². The highest BCUT2D eigenvalue weighted by Crippen LogP contribution is 2.43. The quantitative estimate of drug-likeness (QED) is 0.712. The topological polar surface area (TPSA) is 104 Å². The van der Waals surface area contributed by atoms with Crippen molar-refractivity contribution in [2.75, 3.05) is 7.05 Å². The van der Waals surface area contributed by atoms with Gasteiger partial charge in [-0.05, 0) is 53.5 Å². The van der Waals surface area contributed by atoms with Crippen LogP contribution in [0, 0.1) is 11.8 Å². The Balaban J connectivity index is 3.10. The summed E-state index contributed by atoms with van der Waals surface area (Å²) in [5.41, 5.74) is 5.22. The van der Waals surface area contributed by atoms with Crippen molar-refractivity contribution < 1.29 is 19.8 Å². The summed E-state index contributed by atoms with van der Waals surface area (Å²) in [6.07, 6.45) is 1.23. The summed E-state index contributed by atoms with van der Waals surface area (Å²) in [5, 5.41) is 18.4. The normalized spacial score (nSPS) is 25.9. The van der Waals surface area contributed by atoms with Gasteiger partial charge in [0.25, 0.3) is 0 Å². The molecule has 1 aliphatic rings. The summed E-state index contributed by atoms with van der Waals surface area (Å²) < 4.78 is 0. The third-order valence-corrected chi connectivity index (χ3v) is 4.80. The van der Waals surface area contributed by atoms with Crippen LogP contribution in [0.15, 0.2) is 0 Å². The predicted molar refractivity (Wildman–Crippen MR) is 75.4 cm³/mol. The molecule has 2 unspecified atom stereocenters. The fraction of sp³-hybridized carbons (Fsp3) is 0.857. The number of carboxylic acids is 2. The summed E-state index contributed by atoms with van der Waals surface area (Å²) in [5.74, 6) is -3.69. The van der Waals surface area contributed by atoms with Gasteiger partial charge in [0.15, 0.2) is 0 Å². The number of nitrogens with two attached hydrogens (primary N) is 1. The Bertz CT molecular complexity index is 388. The molecule has 0 spiro atoms. The minimum Gasteiger partial charge on any atom is -0.481 e. The summed E-state index contributed by atoms with van der Waals surface area (Å²) >= 11 is 0. The summed E-state index contributed by atoms with van der Waals surface area (Å²) in [4.78, 5) is 24.8. The molecule has 0 aliphatic carbocycles. The maximum absolute atomic E-state index is 11.5. The van der Waals surface area contributed by atoms with E-state index in [0.29, 0.717) is 12.8 Å². The zero-order valence-electron chi connectivity index (χ0n) is 12.9. The summed E-state index contributed by atoms with van der Waals surface area (Å²) in [6.45, 7) is 8.19. The second-order valence-corrected chi connectivity index (χ2v) is 7.08. The number of hydrogen-bond donors (Lipinski definition) is 3. The van der Waals surface area contributed by atoms with Crippen molar-refractivity contribution >= 4 is 11.9 Å². The van der Waals surface area contributed by atoms with Crippen molar-refractivity contribution in [2.45, 2.75) is 57.7 Å². The number of carbonyl (C=O) groups is 2. The van der Waals surface area contributed by atoms with Gasteiger partial charge in [-0.25, -0.2) is 0 Å². The maximum Gasteiger partial charge on any atom is 0.321 e. The first-order valence-corrected chi connectivity index (χ1v) is 6.85. The molecular weight excluding hydrogens is 260 g/mol. The van der Waals surface area contributed by atoms with Crippen LogP contribution in [-0.2, 0) is 9.59 Å². The first kappa shape index (κ1) is 16.9. The van der Waals surface area contributed by atoms with Gasteiger partial charge in [0.2, 0.25) is 0 Å². The van der Waals surface area contributed by atoms with E-state index in [2.05, 4.69) is 4.90 Å². The van der Waals surface area contributed by atoms with Crippen LogP contribution < -0.4 is 5.73 Å². The van der Waals surface area contributed by atoms with E-state index in [1.54, 1.807) is 0 Å². The third-order valence-electron chi connectivity index (χ3n) is 4.80. The molecule has 6 nitrogen and oxygen atoms in total. The molecule has 0 aromatic rings. The molecule has 4 N–H and O–H groups in total. The monoisotopic (exact) mass is 286 g/mol. The molecule has 1 aliphatic heterocycles. The maximum atomic E-state index is 11.5. The Labute approximate surface area is 119 Å². The predicted octanol–water partition coefficient (Wildman–Crippen LogP) is 0.998. The van der Waals surface area contributed by atoms with E-state index in [-0.39, 0.29) is 17.0 Å². The molecule has 0 amide bonds. The summed E-state index contributed by atoms with van der Waals surface area (Å²) in [6, 6.07) is -1.37. The largest absolute Gasteiger partial charge is 0.481 e. The van der Waals surface area contributed by atoms with Gasteiger partial charge in [-0.1, -0.05) is 0 Å². The number of nitrogens with zero attached hydrogens (tertiary/aromatic N) is 1. The van der Waals surface area contributed by atoms with Crippen molar-refractivity contribution in [1.29, 1.82) is 0 Å². The van der Waals surface area contributed by atoms with Crippen molar-refractivity contribution in [1.82, 2.24) is 4.90 Å². The molecule has 0 aromatic heterocycles. The van der Waals surface area contributed by atoms with Gasteiger partial charge in [-0.3, -0.25) is 14.5 Å². The lowest BCUT2D eigenvalue weighted by atomic mass is 9.68. The minimum atomic E-state index is -1.37. The highest BCUT2D eigenvalue weighted by atomic mass is 16.4. The molecular formula is C14H26N2O4. The molecule has 0 bridgehead atoms. The van der Waals surface area contributed by atoms with Gasteiger partial charge < -0.3 is 15.9 Å². The number of carboxylic acid groups (broad SMARTS) is 2. The van der Waals surface area contributed by atoms with Crippen molar-refractivity contribution in [2.24, 2.45) is 17.6 Å². The Hall–Kier alpha value is -1.14. The number of likely N-dealkylation sites (tertiary alicyclic amines) is 1. The average molecular weight is 286 g/mol. The molecule has 0 saturated carbocycles. The first-order valence-electron chi connectivity index (χ1n) is 6.85. The van der Waals surface area contributed by atoms with Crippen molar-refractivity contribution in [3.05, 3.63) is 0 Å². The molecule has 116 valence electrons. The molecule has 0 radical (unpaired) electrons. The van der Waals surface area contributed by atoms with Crippen LogP contribution in [0.25, 0.3) is 0 Å². The van der Waals surface area contributed by atoms with E-state index in [4.69, 9.17) is 10.8 Å². The second kappa shape index (κ2) is 5.33. The van der Waals surface area contributed by atoms with Crippen LogP contribution in [0.4, 0.5) is 0 Å². The van der Waals surface area contributed by atoms with Gasteiger partial charge in [0.05, 0.1) is 5.92 Å². The Morgan fingerprint density at radius 3 is 1.80 bits per heavy atom. The average Bonchev–Trinajstić information content (AvgIpc) is 2.24. The third kappa shape index (κ3) is 3.12. The van der Waals surface area contributed by atoms with Crippen LogP contribution in [0.2, 0.25) is 0 Å². The SMILES string of the molecule is CN1C(C)(C)CC(C(C(=O)O)C(N)C(=O)O)CC1(C)C. The minimum absolute atomic E-state index is 0.196. The number of aliphatic carboxylic acids is 2. The van der Waals surface area contributed by atoms with E-state index in [0.717, 1.165) is 0 Å². The lowest BCUT2D eigenvalue weighted by molar-refractivity contribution is -0.155. The Kier molecular flexibility index (Phi) is 4.51. The molecule has 1 saturated heterocycles. The van der Waals surface area contributed by atoms with E-state index in [9.17, 15) is 14.7 Å². The Morgan fingerprint density at radius 1 is 1.10 bits per heavy atom. The van der Waals surface area contributed by atoms with Crippen LogP contribution in [0.1, 0.15) is 40.5 Å². The molecule has 1 fully saturated rings. The molecule has 2 atom stereocenters.